The first-order valence-electron chi connectivity index (χ1n) is 8.41. The lowest BCUT2D eigenvalue weighted by Gasteiger charge is -2.18. The van der Waals surface area contributed by atoms with Crippen LogP contribution in [0.5, 0.6) is 5.75 Å². The van der Waals surface area contributed by atoms with Gasteiger partial charge < -0.3 is 4.74 Å². The van der Waals surface area contributed by atoms with Crippen LogP contribution in [0.25, 0.3) is 0 Å². The Balaban J connectivity index is 1.96. The number of sulfonamides is 1. The van der Waals surface area contributed by atoms with Crippen LogP contribution < -0.4 is 9.46 Å². The number of ether oxygens (including phenoxy) is 1. The van der Waals surface area contributed by atoms with Crippen molar-refractivity contribution in [1.82, 2.24) is 4.72 Å². The summed E-state index contributed by atoms with van der Waals surface area (Å²) in [5.74, 6) is -0.796. The number of nitrogens with one attached hydrogen (secondary N) is 1. The van der Waals surface area contributed by atoms with Crippen LogP contribution in [0.4, 0.5) is 4.39 Å². The molecule has 0 bridgehead atoms. The van der Waals surface area contributed by atoms with Gasteiger partial charge in [-0.3, -0.25) is 0 Å². The molecule has 0 amide bonds. The zero-order valence-corrected chi connectivity index (χ0v) is 17.7. The van der Waals surface area contributed by atoms with Crippen LogP contribution in [-0.2, 0) is 19.9 Å². The van der Waals surface area contributed by atoms with E-state index in [1.807, 2.05) is 0 Å². The zero-order chi connectivity index (χ0) is 21.1. The van der Waals surface area contributed by atoms with Crippen molar-refractivity contribution < 1.29 is 26.0 Å². The first-order chi connectivity index (χ1) is 13.8. The summed E-state index contributed by atoms with van der Waals surface area (Å²) >= 11 is 1.21. The average Bonchev–Trinajstić information content (AvgIpc) is 3.23. The highest BCUT2D eigenvalue weighted by molar-refractivity contribution is 7.92. The quantitative estimate of drug-likeness (QED) is 0.562. The summed E-state index contributed by atoms with van der Waals surface area (Å²) in [5, 5.41) is 0.576. The standard InChI is InChI=1S/C19H18FNO5S3/c1-26-16-10-9-14(20)12-18(16)29(24,25)21-13-19(17-8-5-11-27-17)28(22,23)15-6-3-2-4-7-15/h2-12,19,21H,13H2,1H3/t19-/m0/s1. The highest BCUT2D eigenvalue weighted by Crippen LogP contribution is 2.32. The number of hydrogen-bond donors (Lipinski definition) is 1. The summed E-state index contributed by atoms with van der Waals surface area (Å²) in [6.45, 7) is -0.417. The second-order valence-electron chi connectivity index (χ2n) is 6.01. The van der Waals surface area contributed by atoms with Crippen molar-refractivity contribution in [2.24, 2.45) is 0 Å². The highest BCUT2D eigenvalue weighted by Gasteiger charge is 2.32. The first kappa shape index (κ1) is 21.4. The molecule has 0 saturated heterocycles. The molecule has 1 aromatic heterocycles. The normalized spacial score (nSPS) is 13.2. The van der Waals surface area contributed by atoms with Crippen LogP contribution in [0.2, 0.25) is 0 Å². The van der Waals surface area contributed by atoms with E-state index >= 15 is 0 Å². The van der Waals surface area contributed by atoms with Gasteiger partial charge in [0.15, 0.2) is 9.84 Å². The van der Waals surface area contributed by atoms with Crippen molar-refractivity contribution in [3.63, 3.8) is 0 Å². The molecule has 1 N–H and O–H groups in total. The van der Waals surface area contributed by atoms with Crippen molar-refractivity contribution in [3.05, 3.63) is 76.7 Å². The molecule has 0 aliphatic rings. The molecular weight excluding hydrogens is 437 g/mol. The number of sulfone groups is 1. The average molecular weight is 456 g/mol. The first-order valence-corrected chi connectivity index (χ1v) is 12.3. The number of methoxy groups -OCH3 is 1. The van der Waals surface area contributed by atoms with E-state index in [1.54, 1.807) is 35.7 Å². The molecule has 1 atom stereocenters. The maximum atomic E-state index is 13.6. The fourth-order valence-electron chi connectivity index (χ4n) is 2.74. The van der Waals surface area contributed by atoms with Gasteiger partial charge in [0.25, 0.3) is 0 Å². The van der Waals surface area contributed by atoms with Gasteiger partial charge in [-0.15, -0.1) is 11.3 Å². The minimum atomic E-state index is -4.23. The summed E-state index contributed by atoms with van der Waals surface area (Å²) < 4.78 is 72.7. The lowest BCUT2D eigenvalue weighted by atomic mass is 10.3. The summed E-state index contributed by atoms with van der Waals surface area (Å²) in [7, 11) is -6.84. The molecule has 0 fully saturated rings. The predicted octanol–water partition coefficient (Wildman–Crippen LogP) is 3.39. The van der Waals surface area contributed by atoms with Crippen molar-refractivity contribution in [2.75, 3.05) is 13.7 Å². The molecule has 2 aromatic carbocycles. The van der Waals surface area contributed by atoms with Crippen LogP contribution in [0.3, 0.4) is 0 Å². The van der Waals surface area contributed by atoms with Gasteiger partial charge in [0.1, 0.15) is 21.7 Å². The molecule has 10 heteroatoms. The SMILES string of the molecule is COc1ccc(F)cc1S(=O)(=O)NC[C@@H](c1cccs1)S(=O)(=O)c1ccccc1. The van der Waals surface area contributed by atoms with Crippen LogP contribution in [0, 0.1) is 5.82 Å². The summed E-state index contributed by atoms with van der Waals surface area (Å²) in [5.41, 5.74) is 0. The molecule has 3 aromatic rings. The summed E-state index contributed by atoms with van der Waals surface area (Å²) in [4.78, 5) is 0.172. The second-order valence-corrected chi connectivity index (χ2v) is 10.9. The molecule has 0 unspecified atom stereocenters. The van der Waals surface area contributed by atoms with Gasteiger partial charge in [-0.05, 0) is 41.8 Å². The monoisotopic (exact) mass is 455 g/mol. The third-order valence-corrected chi connectivity index (χ3v) is 8.86. The molecule has 0 saturated carbocycles. The summed E-state index contributed by atoms with van der Waals surface area (Å²) in [6.07, 6.45) is 0. The molecule has 0 spiro atoms. The smallest absolute Gasteiger partial charge is 0.244 e. The summed E-state index contributed by atoms with van der Waals surface area (Å²) in [6, 6.07) is 14.2. The van der Waals surface area contributed by atoms with Crippen LogP contribution in [-0.4, -0.2) is 30.5 Å². The molecule has 0 aliphatic carbocycles. The Bertz CT molecular complexity index is 1180. The third kappa shape index (κ3) is 4.67. The van der Waals surface area contributed by atoms with Gasteiger partial charge in [-0.25, -0.2) is 25.9 Å². The van der Waals surface area contributed by atoms with E-state index in [2.05, 4.69) is 4.72 Å². The zero-order valence-electron chi connectivity index (χ0n) is 15.3. The van der Waals surface area contributed by atoms with Crippen molar-refractivity contribution >= 4 is 31.2 Å². The molecule has 6 nitrogen and oxygen atoms in total. The number of hydrogen-bond acceptors (Lipinski definition) is 6. The Morgan fingerprint density at radius 1 is 1.03 bits per heavy atom. The van der Waals surface area contributed by atoms with Gasteiger partial charge in [0.2, 0.25) is 10.0 Å². The fourth-order valence-corrected chi connectivity index (χ4v) is 6.87. The van der Waals surface area contributed by atoms with Gasteiger partial charge in [0, 0.05) is 11.4 Å². The number of benzene rings is 2. The Labute approximate surface area is 172 Å². The van der Waals surface area contributed by atoms with Gasteiger partial charge in [-0.2, -0.15) is 0 Å². The number of thiophene rings is 1. The number of rotatable bonds is 8. The van der Waals surface area contributed by atoms with E-state index in [4.69, 9.17) is 4.74 Å². The molecule has 154 valence electrons. The number of halogens is 1. The van der Waals surface area contributed by atoms with Crippen molar-refractivity contribution in [3.8, 4) is 5.75 Å². The van der Waals surface area contributed by atoms with E-state index in [-0.39, 0.29) is 10.6 Å². The predicted molar refractivity (Wildman–Crippen MR) is 109 cm³/mol. The Kier molecular flexibility index (Phi) is 6.37. The topological polar surface area (TPSA) is 89.5 Å². The van der Waals surface area contributed by atoms with E-state index in [1.165, 1.54) is 36.6 Å². The Morgan fingerprint density at radius 3 is 2.38 bits per heavy atom. The minimum Gasteiger partial charge on any atom is -0.495 e. The molecule has 0 aliphatic heterocycles. The Hall–Kier alpha value is -2.27. The van der Waals surface area contributed by atoms with E-state index in [9.17, 15) is 21.2 Å². The lowest BCUT2D eigenvalue weighted by molar-refractivity contribution is 0.400. The van der Waals surface area contributed by atoms with E-state index in [0.29, 0.717) is 4.88 Å². The molecule has 1 heterocycles. The third-order valence-electron chi connectivity index (χ3n) is 4.18. The van der Waals surface area contributed by atoms with E-state index < -0.39 is 42.4 Å². The molecule has 3 rings (SSSR count). The maximum Gasteiger partial charge on any atom is 0.244 e. The maximum absolute atomic E-state index is 13.6. The van der Waals surface area contributed by atoms with Crippen LogP contribution in [0.1, 0.15) is 10.1 Å². The highest BCUT2D eigenvalue weighted by atomic mass is 32.2. The van der Waals surface area contributed by atoms with Crippen molar-refractivity contribution in [1.29, 1.82) is 0 Å². The van der Waals surface area contributed by atoms with E-state index in [0.717, 1.165) is 12.1 Å². The Morgan fingerprint density at radius 2 is 1.76 bits per heavy atom. The van der Waals surface area contributed by atoms with Crippen LogP contribution >= 0.6 is 11.3 Å². The van der Waals surface area contributed by atoms with Gasteiger partial charge in [-0.1, -0.05) is 24.3 Å². The van der Waals surface area contributed by atoms with Gasteiger partial charge >= 0.3 is 0 Å². The van der Waals surface area contributed by atoms with Gasteiger partial charge in [0.05, 0.1) is 12.0 Å². The molecular formula is C19H18FNO5S3. The largest absolute Gasteiger partial charge is 0.495 e. The van der Waals surface area contributed by atoms with Crippen LogP contribution in [0.15, 0.2) is 75.8 Å². The molecule has 29 heavy (non-hydrogen) atoms. The molecule has 0 radical (unpaired) electrons. The van der Waals surface area contributed by atoms with Crippen molar-refractivity contribution in [2.45, 2.75) is 15.0 Å². The lowest BCUT2D eigenvalue weighted by Crippen LogP contribution is -2.32. The second kappa shape index (κ2) is 8.62. The fraction of sp³-hybridized carbons (Fsp3) is 0.158. The minimum absolute atomic E-state index is 0.0440.